The topological polar surface area (TPSA) is 9.23 Å². The van der Waals surface area contributed by atoms with Gasteiger partial charge in [-0.05, 0) is 33.4 Å². The Hall–Kier alpha value is -1.94. The Morgan fingerprint density at radius 1 is 0.548 bits per heavy atom. The third kappa shape index (κ3) is 3.05. The molecular weight excluding hydrogens is 403 g/mol. The molecule has 0 saturated heterocycles. The Balaban J connectivity index is 0.00000204. The van der Waals surface area contributed by atoms with E-state index in [4.69, 9.17) is 4.43 Å². The average Bonchev–Trinajstić information content (AvgIpc) is 3.53. The quantitative estimate of drug-likeness (QED) is 0.447. The van der Waals surface area contributed by atoms with E-state index in [1.165, 1.54) is 33.4 Å². The maximum atomic E-state index is 6.85. The molecule has 0 aromatic heterocycles. The zero-order chi connectivity index (χ0) is 20.1. The van der Waals surface area contributed by atoms with Gasteiger partial charge in [0.1, 0.15) is 0 Å². The van der Waals surface area contributed by atoms with Crippen LogP contribution in [0, 0.1) is 0 Å². The molecule has 0 amide bonds. The Kier molecular flexibility index (Phi) is 5.53. The summed E-state index contributed by atoms with van der Waals surface area (Å²) in [6.07, 6.45) is 14.2. The number of hydrogen-bond acceptors (Lipinski definition) is 1. The maximum Gasteiger partial charge on any atom is 0.225 e. The van der Waals surface area contributed by atoms with E-state index >= 15 is 0 Å². The van der Waals surface area contributed by atoms with Gasteiger partial charge < -0.3 is 4.43 Å². The van der Waals surface area contributed by atoms with Crippen LogP contribution < -0.4 is 0 Å². The molecule has 0 bridgehead atoms. The molecule has 3 aliphatic rings. The normalized spacial score (nSPS) is 23.7. The maximum absolute atomic E-state index is 6.85. The van der Waals surface area contributed by atoms with E-state index in [0.29, 0.717) is 16.6 Å². The molecule has 0 N–H and O–H groups in total. The molecule has 3 unspecified atom stereocenters. The van der Waals surface area contributed by atoms with Crippen LogP contribution in [0.2, 0.25) is 0 Å². The third-order valence-corrected chi connectivity index (χ3v) is 12.3. The van der Waals surface area contributed by atoms with Gasteiger partial charge >= 0.3 is 0 Å². The zero-order valence-electron chi connectivity index (χ0n) is 18.0. The van der Waals surface area contributed by atoms with Crippen molar-refractivity contribution in [2.45, 2.75) is 16.6 Å². The van der Waals surface area contributed by atoms with E-state index in [-0.39, 0.29) is 29.6 Å². The summed E-state index contributed by atoms with van der Waals surface area (Å²) in [5, 5.41) is 0. The molecule has 0 heterocycles. The molecule has 3 aromatic rings. The molecular formula is C28H24NaOSi. The molecule has 31 heavy (non-hydrogen) atoms. The number of fused-ring (bicyclic) bond motifs is 3. The summed E-state index contributed by atoms with van der Waals surface area (Å²) in [6, 6.07) is 26.5. The molecule has 3 aliphatic carbocycles. The van der Waals surface area contributed by atoms with E-state index in [0.717, 1.165) is 0 Å². The minimum Gasteiger partial charge on any atom is -0.417 e. The van der Waals surface area contributed by atoms with Crippen molar-refractivity contribution in [1.82, 2.24) is 0 Å². The number of rotatable bonds is 4. The summed E-state index contributed by atoms with van der Waals surface area (Å²) >= 11 is 0. The van der Waals surface area contributed by atoms with Crippen molar-refractivity contribution in [3.63, 3.8) is 0 Å². The fourth-order valence-electron chi connectivity index (χ4n) is 5.89. The van der Waals surface area contributed by atoms with Gasteiger partial charge in [0, 0.05) is 53.3 Å². The summed E-state index contributed by atoms with van der Waals surface area (Å²) in [5.74, 6) is 0. The van der Waals surface area contributed by atoms with Crippen molar-refractivity contribution in [1.29, 1.82) is 0 Å². The molecule has 3 heteroatoms. The largest absolute Gasteiger partial charge is 0.417 e. The van der Waals surface area contributed by atoms with Crippen LogP contribution >= 0.6 is 0 Å². The molecule has 3 atom stereocenters. The van der Waals surface area contributed by atoms with Gasteiger partial charge in [0.2, 0.25) is 8.32 Å². The minimum atomic E-state index is -2.48. The summed E-state index contributed by atoms with van der Waals surface area (Å²) < 4.78 is 6.85. The smallest absolute Gasteiger partial charge is 0.225 e. The van der Waals surface area contributed by atoms with Crippen LogP contribution in [0.5, 0.6) is 0 Å². The summed E-state index contributed by atoms with van der Waals surface area (Å²) in [5.41, 5.74) is 9.18. The van der Waals surface area contributed by atoms with Crippen LogP contribution in [-0.4, -0.2) is 45.0 Å². The number of benzene rings is 3. The SMILES string of the molecule is CO[Si](C1C=Cc2ccccc21)(C1C=Cc2ccccc21)C1C=Cc2ccccc21.[Na]. The predicted molar refractivity (Wildman–Crippen MR) is 133 cm³/mol. The van der Waals surface area contributed by atoms with Gasteiger partial charge in [-0.3, -0.25) is 0 Å². The van der Waals surface area contributed by atoms with Crippen LogP contribution in [0.1, 0.15) is 50.0 Å². The van der Waals surface area contributed by atoms with Gasteiger partial charge in [0.05, 0.1) is 0 Å². The van der Waals surface area contributed by atoms with Gasteiger partial charge in [-0.2, -0.15) is 0 Å². The van der Waals surface area contributed by atoms with E-state index in [9.17, 15) is 0 Å². The molecule has 147 valence electrons. The number of allylic oxidation sites excluding steroid dienone is 3. The molecule has 0 spiro atoms. The van der Waals surface area contributed by atoms with Crippen molar-refractivity contribution in [2.75, 3.05) is 7.11 Å². The van der Waals surface area contributed by atoms with Crippen molar-refractivity contribution in [3.8, 4) is 0 Å². The number of hydrogen-bond donors (Lipinski definition) is 0. The molecule has 6 rings (SSSR count). The Bertz CT molecular complexity index is 1080. The van der Waals surface area contributed by atoms with Gasteiger partial charge in [-0.15, -0.1) is 0 Å². The molecule has 0 fully saturated rings. The molecule has 0 saturated carbocycles. The van der Waals surface area contributed by atoms with E-state index in [2.05, 4.69) is 109 Å². The molecule has 3 aromatic carbocycles. The van der Waals surface area contributed by atoms with Crippen molar-refractivity contribution in [3.05, 3.63) is 124 Å². The molecule has 0 aliphatic heterocycles. The van der Waals surface area contributed by atoms with E-state index in [1.807, 2.05) is 7.11 Å². The van der Waals surface area contributed by atoms with Crippen molar-refractivity contribution < 1.29 is 4.43 Å². The zero-order valence-corrected chi connectivity index (χ0v) is 21.0. The molecule has 1 radical (unpaired) electrons. The van der Waals surface area contributed by atoms with E-state index in [1.54, 1.807) is 0 Å². The molecule has 1 nitrogen and oxygen atoms in total. The minimum absolute atomic E-state index is 0. The summed E-state index contributed by atoms with van der Waals surface area (Å²) in [4.78, 5) is 0. The van der Waals surface area contributed by atoms with Crippen LogP contribution in [0.3, 0.4) is 0 Å². The first-order valence-electron chi connectivity index (χ1n) is 10.7. The van der Waals surface area contributed by atoms with E-state index < -0.39 is 8.32 Å². The van der Waals surface area contributed by atoms with Gasteiger partial charge in [0.15, 0.2) is 0 Å². The van der Waals surface area contributed by atoms with Crippen LogP contribution in [-0.2, 0) is 4.43 Å². The average molecular weight is 428 g/mol. The Morgan fingerprint density at radius 3 is 1.19 bits per heavy atom. The van der Waals surface area contributed by atoms with Gasteiger partial charge in [-0.1, -0.05) is 109 Å². The van der Waals surface area contributed by atoms with Crippen LogP contribution in [0.25, 0.3) is 18.2 Å². The van der Waals surface area contributed by atoms with Gasteiger partial charge in [0.25, 0.3) is 0 Å². The second kappa shape index (κ2) is 8.20. The second-order valence-corrected chi connectivity index (χ2v) is 12.4. The van der Waals surface area contributed by atoms with Crippen LogP contribution in [0.15, 0.2) is 91.0 Å². The van der Waals surface area contributed by atoms with Crippen molar-refractivity contribution in [2.24, 2.45) is 0 Å². The standard InChI is InChI=1S/C28H24OSi.Na/c1-29-30(26-17-14-20-8-2-5-11-23(20)26,27-18-15-21-9-3-6-12-24(21)27)28-19-16-22-10-4-7-13-25(22)28;/h2-19,26-28H,1H3;. The predicted octanol–water partition coefficient (Wildman–Crippen LogP) is 6.25. The first kappa shape index (κ1) is 20.9. The first-order chi connectivity index (χ1) is 14.8. The third-order valence-electron chi connectivity index (χ3n) is 7.21. The summed E-state index contributed by atoms with van der Waals surface area (Å²) in [7, 11) is -0.522. The fourth-order valence-corrected chi connectivity index (χ4v) is 11.3. The Labute approximate surface area is 207 Å². The monoisotopic (exact) mass is 427 g/mol. The second-order valence-electron chi connectivity index (χ2n) is 8.45. The van der Waals surface area contributed by atoms with Crippen LogP contribution in [0.4, 0.5) is 0 Å². The Morgan fingerprint density at radius 2 is 0.871 bits per heavy atom. The van der Waals surface area contributed by atoms with Gasteiger partial charge in [-0.25, -0.2) is 0 Å². The first-order valence-corrected chi connectivity index (χ1v) is 12.8. The summed E-state index contributed by atoms with van der Waals surface area (Å²) in [6.45, 7) is 0. The fraction of sp³-hybridized carbons (Fsp3) is 0.143. The van der Waals surface area contributed by atoms with Crippen molar-refractivity contribution >= 4 is 56.1 Å².